The van der Waals surface area contributed by atoms with Crippen molar-refractivity contribution in [2.45, 2.75) is 117 Å². The lowest BCUT2D eigenvalue weighted by Crippen LogP contribution is -2.26. The first-order valence-corrected chi connectivity index (χ1v) is 17.4. The van der Waals surface area contributed by atoms with E-state index >= 15 is 0 Å². The van der Waals surface area contributed by atoms with Crippen molar-refractivity contribution in [1.82, 2.24) is 10.2 Å². The number of rotatable bonds is 23. The van der Waals surface area contributed by atoms with Crippen LogP contribution in [-0.4, -0.2) is 41.7 Å². The molecular formula is C36H51N3O4S. The van der Waals surface area contributed by atoms with E-state index in [0.29, 0.717) is 17.5 Å². The van der Waals surface area contributed by atoms with Gasteiger partial charge in [-0.3, -0.25) is 0 Å². The van der Waals surface area contributed by atoms with Crippen LogP contribution in [0.3, 0.4) is 0 Å². The minimum atomic E-state index is -0.595. The second kappa shape index (κ2) is 21.6. The smallest absolute Gasteiger partial charge is 0.340 e. The molecule has 1 atom stereocenters. The average molecular weight is 622 g/mol. The second-order valence-electron chi connectivity index (χ2n) is 11.3. The van der Waals surface area contributed by atoms with Crippen molar-refractivity contribution in [1.29, 1.82) is 0 Å². The van der Waals surface area contributed by atoms with E-state index in [-0.39, 0.29) is 5.97 Å². The predicted molar refractivity (Wildman–Crippen MR) is 182 cm³/mol. The molecular weight excluding hydrogens is 570 g/mol. The van der Waals surface area contributed by atoms with Gasteiger partial charge in [0.15, 0.2) is 6.10 Å². The van der Waals surface area contributed by atoms with Gasteiger partial charge >= 0.3 is 5.97 Å². The Bertz CT molecular complexity index is 1210. The van der Waals surface area contributed by atoms with Crippen LogP contribution in [0.25, 0.3) is 10.6 Å². The van der Waals surface area contributed by atoms with Crippen LogP contribution in [0, 0.1) is 0 Å². The zero-order valence-electron chi connectivity index (χ0n) is 27.0. The van der Waals surface area contributed by atoms with E-state index in [9.17, 15) is 4.79 Å². The van der Waals surface area contributed by atoms with Gasteiger partial charge < -0.3 is 14.2 Å². The Labute approximate surface area is 268 Å². The Morgan fingerprint density at radius 2 is 1.32 bits per heavy atom. The van der Waals surface area contributed by atoms with Gasteiger partial charge in [-0.15, -0.1) is 10.2 Å². The van der Waals surface area contributed by atoms with Crippen molar-refractivity contribution in [3.63, 3.8) is 0 Å². The summed E-state index contributed by atoms with van der Waals surface area (Å²) >= 11 is 1.43. The fraction of sp³-hybridized carbons (Fsp3) is 0.556. The lowest BCUT2D eigenvalue weighted by atomic mass is 10.1. The summed E-state index contributed by atoms with van der Waals surface area (Å²) in [6.07, 6.45) is 18.6. The molecule has 0 aliphatic heterocycles. The molecule has 0 aliphatic rings. The van der Waals surface area contributed by atoms with E-state index in [2.05, 4.69) is 29.0 Å². The standard InChI is InChI=1S/C36H51N3O4S/c1-4-6-8-10-12-13-15-17-27-42-32-24-20-31(21-25-32)34-38-39-36(44-34)37-28-30-18-22-33(23-19-30)43-35(40)29(3)41-26-16-14-11-9-7-5-2/h18-25,28-29H,4-17,26-27H2,1-3H3/b37-28+/t29-/m0/s1. The molecule has 3 rings (SSSR count). The number of hydrogen-bond acceptors (Lipinski definition) is 8. The SMILES string of the molecule is CCCCCCCCCCOc1ccc(-c2nnc(/N=C/c3ccc(OC(=O)[C@H](C)OCCCCCCCC)cc3)s2)cc1. The third-order valence-corrected chi connectivity index (χ3v) is 8.28. The summed E-state index contributed by atoms with van der Waals surface area (Å²) in [4.78, 5) is 16.8. The molecule has 0 saturated heterocycles. The van der Waals surface area contributed by atoms with Crippen molar-refractivity contribution in [3.8, 4) is 22.1 Å². The highest BCUT2D eigenvalue weighted by Crippen LogP contribution is 2.29. The molecule has 0 amide bonds. The topological polar surface area (TPSA) is 82.9 Å². The number of ether oxygens (including phenoxy) is 3. The van der Waals surface area contributed by atoms with Crippen molar-refractivity contribution < 1.29 is 19.0 Å². The van der Waals surface area contributed by atoms with Gasteiger partial charge in [-0.25, -0.2) is 9.79 Å². The summed E-state index contributed by atoms with van der Waals surface area (Å²) in [5.74, 6) is 0.969. The van der Waals surface area contributed by atoms with Crippen LogP contribution in [0.2, 0.25) is 0 Å². The largest absolute Gasteiger partial charge is 0.494 e. The molecule has 0 spiro atoms. The van der Waals surface area contributed by atoms with Crippen molar-refractivity contribution >= 4 is 28.7 Å². The third kappa shape index (κ3) is 14.1. The van der Waals surface area contributed by atoms with Crippen molar-refractivity contribution in [2.75, 3.05) is 13.2 Å². The number of unbranched alkanes of at least 4 members (excludes halogenated alkanes) is 12. The van der Waals surface area contributed by atoms with Gasteiger partial charge in [0, 0.05) is 18.4 Å². The van der Waals surface area contributed by atoms with Crippen molar-refractivity contribution in [3.05, 3.63) is 54.1 Å². The van der Waals surface area contributed by atoms with Crippen LogP contribution in [0.1, 0.15) is 116 Å². The third-order valence-electron chi connectivity index (χ3n) is 7.40. The van der Waals surface area contributed by atoms with Crippen LogP contribution < -0.4 is 9.47 Å². The highest BCUT2D eigenvalue weighted by Gasteiger charge is 2.15. The quantitative estimate of drug-likeness (QED) is 0.0453. The van der Waals surface area contributed by atoms with E-state index in [1.54, 1.807) is 25.3 Å². The molecule has 1 aromatic heterocycles. The van der Waals surface area contributed by atoms with Gasteiger partial charge in [0.25, 0.3) is 0 Å². The van der Waals surface area contributed by atoms with E-state index in [4.69, 9.17) is 14.2 Å². The number of nitrogens with zero attached hydrogens (tertiary/aromatic N) is 3. The predicted octanol–water partition coefficient (Wildman–Crippen LogP) is 10.1. The van der Waals surface area contributed by atoms with Crippen LogP contribution in [0.15, 0.2) is 53.5 Å². The van der Waals surface area contributed by atoms with Crippen LogP contribution in [-0.2, 0) is 9.53 Å². The lowest BCUT2D eigenvalue weighted by Gasteiger charge is -2.12. The highest BCUT2D eigenvalue weighted by atomic mass is 32.1. The van der Waals surface area contributed by atoms with E-state index < -0.39 is 6.10 Å². The fourth-order valence-electron chi connectivity index (χ4n) is 4.67. The van der Waals surface area contributed by atoms with Gasteiger partial charge in [-0.05, 0) is 73.9 Å². The maximum Gasteiger partial charge on any atom is 0.340 e. The monoisotopic (exact) mass is 621 g/mol. The summed E-state index contributed by atoms with van der Waals surface area (Å²) in [5, 5.41) is 9.89. The molecule has 1 heterocycles. The van der Waals surface area contributed by atoms with E-state index in [1.807, 2.05) is 36.4 Å². The summed E-state index contributed by atoms with van der Waals surface area (Å²) < 4.78 is 17.1. The minimum Gasteiger partial charge on any atom is -0.494 e. The zero-order chi connectivity index (χ0) is 31.2. The molecule has 240 valence electrons. The summed E-state index contributed by atoms with van der Waals surface area (Å²) in [5.41, 5.74) is 1.85. The summed E-state index contributed by atoms with van der Waals surface area (Å²) in [6.45, 7) is 7.53. The van der Waals surface area contributed by atoms with Gasteiger partial charge in [-0.1, -0.05) is 102 Å². The number of esters is 1. The minimum absolute atomic E-state index is 0.387. The molecule has 2 aromatic carbocycles. The number of benzene rings is 2. The lowest BCUT2D eigenvalue weighted by molar-refractivity contribution is -0.146. The molecule has 3 aromatic rings. The molecule has 0 fully saturated rings. The van der Waals surface area contributed by atoms with Gasteiger partial charge in [0.05, 0.1) is 6.61 Å². The van der Waals surface area contributed by atoms with Crippen LogP contribution >= 0.6 is 11.3 Å². The number of carbonyl (C=O) groups excluding carboxylic acids is 1. The Morgan fingerprint density at radius 3 is 1.95 bits per heavy atom. The Hall–Kier alpha value is -3.10. The average Bonchev–Trinajstić information content (AvgIpc) is 3.52. The molecule has 8 heteroatoms. The van der Waals surface area contributed by atoms with E-state index in [0.717, 1.165) is 47.8 Å². The molecule has 0 aliphatic carbocycles. The molecule has 44 heavy (non-hydrogen) atoms. The normalized spacial score (nSPS) is 12.1. The Balaban J connectivity index is 1.36. The van der Waals surface area contributed by atoms with Gasteiger partial charge in [-0.2, -0.15) is 0 Å². The van der Waals surface area contributed by atoms with Gasteiger partial charge in [0.1, 0.15) is 16.5 Å². The number of aromatic nitrogens is 2. The van der Waals surface area contributed by atoms with E-state index in [1.165, 1.54) is 82.0 Å². The zero-order valence-corrected chi connectivity index (χ0v) is 27.8. The molecule has 7 nitrogen and oxygen atoms in total. The van der Waals surface area contributed by atoms with Gasteiger partial charge in [0.2, 0.25) is 5.13 Å². The summed E-state index contributed by atoms with van der Waals surface area (Å²) in [6, 6.07) is 15.2. The molecule has 0 unspecified atom stereocenters. The highest BCUT2D eigenvalue weighted by molar-refractivity contribution is 7.18. The Kier molecular flexibility index (Phi) is 17.3. The Morgan fingerprint density at radius 1 is 0.750 bits per heavy atom. The number of hydrogen-bond donors (Lipinski definition) is 0. The summed E-state index contributed by atoms with van der Waals surface area (Å²) in [7, 11) is 0. The van der Waals surface area contributed by atoms with Crippen LogP contribution in [0.5, 0.6) is 11.5 Å². The second-order valence-corrected chi connectivity index (χ2v) is 12.2. The molecule has 0 radical (unpaired) electrons. The number of carbonyl (C=O) groups is 1. The first kappa shape index (κ1) is 35.4. The first-order valence-electron chi connectivity index (χ1n) is 16.6. The number of aliphatic imine (C=N–C) groups is 1. The molecule has 0 saturated carbocycles. The first-order chi connectivity index (χ1) is 21.6. The molecule has 0 bridgehead atoms. The van der Waals surface area contributed by atoms with Crippen LogP contribution in [0.4, 0.5) is 5.13 Å². The fourth-order valence-corrected chi connectivity index (χ4v) is 5.36. The maximum atomic E-state index is 12.4. The maximum absolute atomic E-state index is 12.4. The van der Waals surface area contributed by atoms with Crippen molar-refractivity contribution in [2.24, 2.45) is 4.99 Å². The molecule has 0 N–H and O–H groups in total.